The molecular formula is C20H16Cl2N2O3. The lowest BCUT2D eigenvalue weighted by Gasteiger charge is -2.36. The quantitative estimate of drug-likeness (QED) is 0.682. The summed E-state index contributed by atoms with van der Waals surface area (Å²) >= 11 is 12.3. The van der Waals surface area contributed by atoms with E-state index in [1.54, 1.807) is 24.5 Å². The number of benzene rings is 2. The van der Waals surface area contributed by atoms with Gasteiger partial charge in [0.2, 0.25) is 0 Å². The number of hydrogen-bond donors (Lipinski definition) is 1. The van der Waals surface area contributed by atoms with Gasteiger partial charge >= 0.3 is 0 Å². The second-order valence-corrected chi connectivity index (χ2v) is 7.07. The van der Waals surface area contributed by atoms with Crippen LogP contribution in [0.5, 0.6) is 5.75 Å². The molecule has 27 heavy (non-hydrogen) atoms. The zero-order valence-electron chi connectivity index (χ0n) is 14.5. The lowest BCUT2D eigenvalue weighted by molar-refractivity contribution is -0.142. The van der Waals surface area contributed by atoms with E-state index in [-0.39, 0.29) is 5.91 Å². The van der Waals surface area contributed by atoms with Gasteiger partial charge in [-0.05, 0) is 6.07 Å². The summed E-state index contributed by atoms with van der Waals surface area (Å²) in [6.07, 6.45) is 3.72. The molecule has 2 aromatic carbocycles. The van der Waals surface area contributed by atoms with Gasteiger partial charge < -0.3 is 14.8 Å². The molecule has 0 bridgehead atoms. The number of ether oxygens (including phenoxy) is 2. The third-order valence-electron chi connectivity index (χ3n) is 4.80. The molecular weight excluding hydrogens is 387 g/mol. The summed E-state index contributed by atoms with van der Waals surface area (Å²) in [5.41, 5.74) is -0.0716. The SMILES string of the molecule is CO[C@@]1(C(=O)Nc2cncc3ccccc23)CCOc2cc(Cl)c(Cl)cc21. The van der Waals surface area contributed by atoms with E-state index in [2.05, 4.69) is 10.3 Å². The Kier molecular flexibility index (Phi) is 4.68. The van der Waals surface area contributed by atoms with Crippen molar-refractivity contribution in [2.24, 2.45) is 0 Å². The van der Waals surface area contributed by atoms with Crippen molar-refractivity contribution in [3.8, 4) is 5.75 Å². The van der Waals surface area contributed by atoms with E-state index >= 15 is 0 Å². The molecule has 0 fully saturated rings. The molecule has 2 heterocycles. The highest BCUT2D eigenvalue weighted by atomic mass is 35.5. The van der Waals surface area contributed by atoms with E-state index in [4.69, 9.17) is 32.7 Å². The number of nitrogens with zero attached hydrogens (tertiary/aromatic N) is 1. The highest BCUT2D eigenvalue weighted by Crippen LogP contribution is 2.44. The van der Waals surface area contributed by atoms with Gasteiger partial charge in [-0.25, -0.2) is 0 Å². The smallest absolute Gasteiger partial charge is 0.261 e. The first kappa shape index (κ1) is 18.0. The first-order chi connectivity index (χ1) is 13.0. The average Bonchev–Trinajstić information content (AvgIpc) is 2.69. The number of anilines is 1. The molecule has 1 aromatic heterocycles. The number of aromatic nitrogens is 1. The Bertz CT molecular complexity index is 1040. The van der Waals surface area contributed by atoms with Crippen molar-refractivity contribution in [3.05, 3.63) is 64.4 Å². The van der Waals surface area contributed by atoms with Gasteiger partial charge in [0.15, 0.2) is 5.60 Å². The maximum Gasteiger partial charge on any atom is 0.261 e. The molecule has 0 spiro atoms. The Hall–Kier alpha value is -2.34. The van der Waals surface area contributed by atoms with E-state index in [0.717, 1.165) is 10.8 Å². The van der Waals surface area contributed by atoms with Crippen molar-refractivity contribution in [2.45, 2.75) is 12.0 Å². The van der Waals surface area contributed by atoms with Crippen LogP contribution < -0.4 is 10.1 Å². The summed E-state index contributed by atoms with van der Waals surface area (Å²) in [7, 11) is 1.50. The maximum absolute atomic E-state index is 13.3. The van der Waals surface area contributed by atoms with Gasteiger partial charge in [-0.15, -0.1) is 0 Å². The van der Waals surface area contributed by atoms with Gasteiger partial charge in [0.05, 0.1) is 28.5 Å². The van der Waals surface area contributed by atoms with Crippen LogP contribution in [0.1, 0.15) is 12.0 Å². The number of carbonyl (C=O) groups is 1. The molecule has 7 heteroatoms. The number of amides is 1. The summed E-state index contributed by atoms with van der Waals surface area (Å²) in [6, 6.07) is 10.9. The summed E-state index contributed by atoms with van der Waals surface area (Å²) < 4.78 is 11.4. The van der Waals surface area contributed by atoms with Gasteiger partial charge in [-0.1, -0.05) is 47.5 Å². The summed E-state index contributed by atoms with van der Waals surface area (Å²) in [6.45, 7) is 0.319. The lowest BCUT2D eigenvalue weighted by atomic mass is 9.86. The van der Waals surface area contributed by atoms with Gasteiger partial charge in [0.1, 0.15) is 5.75 Å². The largest absolute Gasteiger partial charge is 0.493 e. The van der Waals surface area contributed by atoms with Crippen LogP contribution in [0.2, 0.25) is 10.0 Å². The fraction of sp³-hybridized carbons (Fsp3) is 0.200. The predicted octanol–water partition coefficient (Wildman–Crippen LogP) is 4.80. The maximum atomic E-state index is 13.3. The average molecular weight is 403 g/mol. The van der Waals surface area contributed by atoms with Crippen LogP contribution in [0, 0.1) is 0 Å². The summed E-state index contributed by atoms with van der Waals surface area (Å²) in [4.78, 5) is 17.5. The minimum absolute atomic E-state index is 0.314. The molecule has 0 saturated heterocycles. The molecule has 1 N–H and O–H groups in total. The highest BCUT2D eigenvalue weighted by molar-refractivity contribution is 6.42. The molecule has 0 unspecified atom stereocenters. The minimum Gasteiger partial charge on any atom is -0.493 e. The van der Waals surface area contributed by atoms with Crippen molar-refractivity contribution in [1.82, 2.24) is 4.98 Å². The van der Waals surface area contributed by atoms with Crippen molar-refractivity contribution in [2.75, 3.05) is 19.0 Å². The van der Waals surface area contributed by atoms with Gasteiger partial charge in [0.25, 0.3) is 5.91 Å². The van der Waals surface area contributed by atoms with Crippen molar-refractivity contribution in [1.29, 1.82) is 0 Å². The van der Waals surface area contributed by atoms with Crippen molar-refractivity contribution >= 4 is 45.6 Å². The Morgan fingerprint density at radius 2 is 2.00 bits per heavy atom. The van der Waals surface area contributed by atoms with Crippen LogP contribution in [0.15, 0.2) is 48.8 Å². The number of carbonyl (C=O) groups excluding carboxylic acids is 1. The molecule has 4 rings (SSSR count). The van der Waals surface area contributed by atoms with Crippen molar-refractivity contribution in [3.63, 3.8) is 0 Å². The summed E-state index contributed by atoms with van der Waals surface area (Å²) in [5.74, 6) is 0.176. The zero-order valence-corrected chi connectivity index (χ0v) is 16.0. The number of halogens is 2. The normalized spacial score (nSPS) is 18.6. The molecule has 1 atom stereocenters. The van der Waals surface area contributed by atoms with E-state index in [0.29, 0.717) is 40.1 Å². The standard InChI is InChI=1S/C20H16Cl2N2O3/c1-26-20(6-7-27-18-9-16(22)15(21)8-14(18)20)19(25)24-17-11-23-10-12-4-2-3-5-13(12)17/h2-5,8-11H,6-7H2,1H3,(H,24,25)/t20-/m0/s1. The predicted molar refractivity (Wildman–Crippen MR) is 106 cm³/mol. The molecule has 0 radical (unpaired) electrons. The number of nitrogens with one attached hydrogen (secondary N) is 1. The lowest BCUT2D eigenvalue weighted by Crippen LogP contribution is -2.45. The second kappa shape index (κ2) is 7.00. The van der Waals surface area contributed by atoms with Gasteiger partial charge in [0, 0.05) is 42.1 Å². The minimum atomic E-state index is -1.24. The molecule has 0 saturated carbocycles. The Morgan fingerprint density at radius 1 is 1.22 bits per heavy atom. The Labute approximate surface area is 166 Å². The van der Waals surface area contributed by atoms with Crippen LogP contribution in [-0.2, 0) is 15.1 Å². The fourth-order valence-electron chi connectivity index (χ4n) is 3.38. The molecule has 3 aromatic rings. The third kappa shape index (κ3) is 3.02. The molecule has 1 aliphatic heterocycles. The number of fused-ring (bicyclic) bond motifs is 2. The van der Waals surface area contributed by atoms with Crippen LogP contribution in [0.4, 0.5) is 5.69 Å². The number of methoxy groups -OCH3 is 1. The third-order valence-corrected chi connectivity index (χ3v) is 5.52. The number of pyridine rings is 1. The van der Waals surface area contributed by atoms with E-state index < -0.39 is 5.60 Å². The van der Waals surface area contributed by atoms with E-state index in [1.165, 1.54) is 7.11 Å². The van der Waals surface area contributed by atoms with Crippen LogP contribution in [-0.4, -0.2) is 24.6 Å². The second-order valence-electron chi connectivity index (χ2n) is 6.25. The van der Waals surface area contributed by atoms with E-state index in [1.807, 2.05) is 24.3 Å². The van der Waals surface area contributed by atoms with Crippen LogP contribution in [0.25, 0.3) is 10.8 Å². The van der Waals surface area contributed by atoms with Gasteiger partial charge in [-0.2, -0.15) is 0 Å². The van der Waals surface area contributed by atoms with Crippen LogP contribution in [0.3, 0.4) is 0 Å². The molecule has 138 valence electrons. The van der Waals surface area contributed by atoms with Crippen LogP contribution >= 0.6 is 23.2 Å². The Balaban J connectivity index is 1.77. The van der Waals surface area contributed by atoms with E-state index in [9.17, 15) is 4.79 Å². The Morgan fingerprint density at radius 3 is 2.81 bits per heavy atom. The first-order valence-electron chi connectivity index (χ1n) is 8.37. The molecule has 1 amide bonds. The summed E-state index contributed by atoms with van der Waals surface area (Å²) in [5, 5.41) is 5.49. The topological polar surface area (TPSA) is 60.5 Å². The van der Waals surface area contributed by atoms with Gasteiger partial charge in [-0.3, -0.25) is 9.78 Å². The number of hydrogen-bond acceptors (Lipinski definition) is 4. The highest BCUT2D eigenvalue weighted by Gasteiger charge is 2.45. The molecule has 1 aliphatic rings. The first-order valence-corrected chi connectivity index (χ1v) is 9.12. The zero-order chi connectivity index (χ0) is 19.0. The molecule has 5 nitrogen and oxygen atoms in total. The van der Waals surface area contributed by atoms with Crippen molar-refractivity contribution < 1.29 is 14.3 Å². The number of rotatable bonds is 3. The monoisotopic (exact) mass is 402 g/mol. The fourth-order valence-corrected chi connectivity index (χ4v) is 3.70. The molecule has 0 aliphatic carbocycles.